The molecule has 1 N–H and O–H groups in total. The molecule has 0 aliphatic carbocycles. The lowest BCUT2D eigenvalue weighted by molar-refractivity contribution is 0.121. The third-order valence-electron chi connectivity index (χ3n) is 6.69. The fourth-order valence-electron chi connectivity index (χ4n) is 5.11. The first-order valence-electron chi connectivity index (χ1n) is 10.8. The molecule has 31 heavy (non-hydrogen) atoms. The molecule has 2 aliphatic heterocycles. The monoisotopic (exact) mass is 418 g/mol. The van der Waals surface area contributed by atoms with Crippen LogP contribution in [0.2, 0.25) is 0 Å². The zero-order valence-electron chi connectivity index (χ0n) is 17.6. The lowest BCUT2D eigenvalue weighted by atomic mass is 9.82. The molecule has 2 bridgehead atoms. The van der Waals surface area contributed by atoms with E-state index in [2.05, 4.69) is 16.0 Å². The summed E-state index contributed by atoms with van der Waals surface area (Å²) in [6.45, 7) is 3.30. The standard InChI is InChI=1S/C24H26N4O3/c1-26-23(30)18(12-25-24(26)31)7-8-27-13-16-9-20(15-27)21-10-19(11-22(29)28(21)14-16)17-5-3-2-4-6-17/h2-6,10-12,16,20H,7-9,13-15H2,1H3,(H,25,31)/t16-,20+/m0/s1. The summed E-state index contributed by atoms with van der Waals surface area (Å²) in [7, 11) is 1.49. The van der Waals surface area contributed by atoms with Crippen LogP contribution in [0.4, 0.5) is 0 Å². The summed E-state index contributed by atoms with van der Waals surface area (Å²) < 4.78 is 3.08. The van der Waals surface area contributed by atoms with Crippen molar-refractivity contribution >= 4 is 0 Å². The smallest absolute Gasteiger partial charge is 0.314 e. The van der Waals surface area contributed by atoms with Crippen molar-refractivity contribution in [3.8, 4) is 11.1 Å². The summed E-state index contributed by atoms with van der Waals surface area (Å²) in [5.41, 5.74) is 3.24. The minimum atomic E-state index is -0.391. The van der Waals surface area contributed by atoms with E-state index in [0.717, 1.165) is 54.0 Å². The molecule has 2 atom stereocenters. The van der Waals surface area contributed by atoms with Crippen LogP contribution in [0.1, 0.15) is 23.6 Å². The van der Waals surface area contributed by atoms with Crippen LogP contribution in [-0.4, -0.2) is 38.7 Å². The number of nitrogens with one attached hydrogen (secondary N) is 1. The Labute approximate surface area is 179 Å². The molecule has 1 saturated heterocycles. The van der Waals surface area contributed by atoms with Gasteiger partial charge in [0.1, 0.15) is 0 Å². The van der Waals surface area contributed by atoms with E-state index in [4.69, 9.17) is 0 Å². The molecular weight excluding hydrogens is 392 g/mol. The molecule has 0 radical (unpaired) electrons. The summed E-state index contributed by atoms with van der Waals surface area (Å²) in [6, 6.07) is 14.0. The van der Waals surface area contributed by atoms with Gasteiger partial charge >= 0.3 is 5.69 Å². The number of benzene rings is 1. The Hall–Kier alpha value is -3.19. The molecule has 2 aromatic heterocycles. The largest absolute Gasteiger partial charge is 0.328 e. The van der Waals surface area contributed by atoms with E-state index in [1.807, 2.05) is 34.9 Å². The molecule has 7 heteroatoms. The first-order valence-corrected chi connectivity index (χ1v) is 10.8. The maximum atomic E-state index is 12.9. The lowest BCUT2D eigenvalue weighted by Crippen LogP contribution is -2.47. The number of H-pyrrole nitrogens is 1. The minimum Gasteiger partial charge on any atom is -0.314 e. The number of fused-ring (bicyclic) bond motifs is 4. The normalized spacial score (nSPS) is 20.4. The number of nitrogens with zero attached hydrogens (tertiary/aromatic N) is 3. The molecule has 5 rings (SSSR count). The Kier molecular flexibility index (Phi) is 4.98. The maximum Gasteiger partial charge on any atom is 0.328 e. The molecule has 1 aromatic carbocycles. The van der Waals surface area contributed by atoms with Gasteiger partial charge in [0.05, 0.1) is 0 Å². The van der Waals surface area contributed by atoms with Crippen LogP contribution in [-0.2, 0) is 20.0 Å². The van der Waals surface area contributed by atoms with E-state index in [9.17, 15) is 14.4 Å². The number of piperidine rings is 1. The minimum absolute atomic E-state index is 0.0799. The topological polar surface area (TPSA) is 80.1 Å². The predicted molar refractivity (Wildman–Crippen MR) is 119 cm³/mol. The molecule has 0 amide bonds. The number of rotatable bonds is 4. The highest BCUT2D eigenvalue weighted by Gasteiger charge is 2.34. The molecule has 2 aliphatic rings. The molecule has 7 nitrogen and oxygen atoms in total. The van der Waals surface area contributed by atoms with Gasteiger partial charge in [-0.1, -0.05) is 30.3 Å². The van der Waals surface area contributed by atoms with Crippen molar-refractivity contribution in [3.05, 3.63) is 91.1 Å². The van der Waals surface area contributed by atoms with E-state index in [1.165, 1.54) is 13.2 Å². The Bertz CT molecular complexity index is 1290. The maximum absolute atomic E-state index is 12.9. The molecule has 0 spiro atoms. The summed E-state index contributed by atoms with van der Waals surface area (Å²) in [5.74, 6) is 0.743. The van der Waals surface area contributed by atoms with Gasteiger partial charge in [0.25, 0.3) is 11.1 Å². The number of likely N-dealkylation sites (tertiary alicyclic amines) is 1. The van der Waals surface area contributed by atoms with Gasteiger partial charge in [0.2, 0.25) is 0 Å². The van der Waals surface area contributed by atoms with Crippen LogP contribution in [0.5, 0.6) is 0 Å². The molecule has 0 saturated carbocycles. The Balaban J connectivity index is 1.38. The van der Waals surface area contributed by atoms with Gasteiger partial charge in [0.15, 0.2) is 0 Å². The van der Waals surface area contributed by atoms with Crippen LogP contribution in [0.3, 0.4) is 0 Å². The van der Waals surface area contributed by atoms with Crippen molar-refractivity contribution < 1.29 is 0 Å². The van der Waals surface area contributed by atoms with Gasteiger partial charge in [-0.05, 0) is 36.0 Å². The molecular formula is C24H26N4O3. The number of hydrogen-bond donors (Lipinski definition) is 1. The third kappa shape index (κ3) is 3.70. The van der Waals surface area contributed by atoms with Crippen molar-refractivity contribution in [2.24, 2.45) is 13.0 Å². The van der Waals surface area contributed by atoms with Crippen LogP contribution in [0, 0.1) is 5.92 Å². The summed E-state index contributed by atoms with van der Waals surface area (Å²) in [5, 5.41) is 0. The Morgan fingerprint density at radius 1 is 1.00 bits per heavy atom. The van der Waals surface area contributed by atoms with Crippen LogP contribution < -0.4 is 16.8 Å². The van der Waals surface area contributed by atoms with Crippen molar-refractivity contribution in [2.75, 3.05) is 19.6 Å². The average Bonchev–Trinajstić information content (AvgIpc) is 2.78. The first-order chi connectivity index (χ1) is 15.0. The zero-order valence-corrected chi connectivity index (χ0v) is 17.6. The van der Waals surface area contributed by atoms with E-state index in [-0.39, 0.29) is 11.1 Å². The van der Waals surface area contributed by atoms with Crippen LogP contribution in [0.25, 0.3) is 11.1 Å². The SMILES string of the molecule is Cn1c(=O)[nH]cc(CCN2C[C@@H]3C[C@H](C2)c2cc(-c4ccccc4)cc(=O)n2C3)c1=O. The number of pyridine rings is 1. The first kappa shape index (κ1) is 19.8. The molecule has 4 heterocycles. The fraction of sp³-hybridized carbons (Fsp3) is 0.375. The highest BCUT2D eigenvalue weighted by Crippen LogP contribution is 2.36. The van der Waals surface area contributed by atoms with Crippen LogP contribution in [0.15, 0.2) is 63.0 Å². The zero-order chi connectivity index (χ0) is 21.5. The summed E-state index contributed by atoms with van der Waals surface area (Å²) in [4.78, 5) is 41.8. The number of hydrogen-bond acceptors (Lipinski definition) is 4. The Morgan fingerprint density at radius 2 is 1.81 bits per heavy atom. The third-order valence-corrected chi connectivity index (χ3v) is 6.69. The van der Waals surface area contributed by atoms with E-state index in [1.54, 1.807) is 6.07 Å². The van der Waals surface area contributed by atoms with Crippen molar-refractivity contribution in [2.45, 2.75) is 25.3 Å². The van der Waals surface area contributed by atoms with Gasteiger partial charge in [-0.25, -0.2) is 4.79 Å². The van der Waals surface area contributed by atoms with Gasteiger partial charge in [-0.3, -0.25) is 14.2 Å². The summed E-state index contributed by atoms with van der Waals surface area (Å²) in [6.07, 6.45) is 3.23. The highest BCUT2D eigenvalue weighted by atomic mass is 16.2. The second-order valence-corrected chi connectivity index (χ2v) is 8.78. The molecule has 1 fully saturated rings. The second-order valence-electron chi connectivity index (χ2n) is 8.78. The second kappa shape index (κ2) is 7.81. The van der Waals surface area contributed by atoms with E-state index in [0.29, 0.717) is 23.8 Å². The molecule has 3 aromatic rings. The van der Waals surface area contributed by atoms with Gasteiger partial charge in [-0.15, -0.1) is 0 Å². The molecule has 160 valence electrons. The Morgan fingerprint density at radius 3 is 2.61 bits per heavy atom. The number of aromatic amines is 1. The van der Waals surface area contributed by atoms with Crippen molar-refractivity contribution in [1.29, 1.82) is 0 Å². The van der Waals surface area contributed by atoms with Gasteiger partial charge in [0, 0.05) is 62.7 Å². The van der Waals surface area contributed by atoms with E-state index >= 15 is 0 Å². The van der Waals surface area contributed by atoms with E-state index < -0.39 is 5.69 Å². The van der Waals surface area contributed by atoms with Crippen LogP contribution >= 0.6 is 0 Å². The predicted octanol–water partition coefficient (Wildman–Crippen LogP) is 1.56. The number of aromatic nitrogens is 3. The molecule has 0 unspecified atom stereocenters. The summed E-state index contributed by atoms with van der Waals surface area (Å²) >= 11 is 0. The quantitative estimate of drug-likeness (QED) is 0.698. The highest BCUT2D eigenvalue weighted by molar-refractivity contribution is 5.63. The average molecular weight is 418 g/mol. The van der Waals surface area contributed by atoms with Crippen molar-refractivity contribution in [1.82, 2.24) is 19.0 Å². The van der Waals surface area contributed by atoms with Crippen molar-refractivity contribution in [3.63, 3.8) is 0 Å². The lowest BCUT2D eigenvalue weighted by Gasteiger charge is -2.43. The van der Waals surface area contributed by atoms with Gasteiger partial charge < -0.3 is 14.5 Å². The van der Waals surface area contributed by atoms with Gasteiger partial charge in [-0.2, -0.15) is 0 Å². The fourth-order valence-corrected chi connectivity index (χ4v) is 5.11.